The Morgan fingerprint density at radius 2 is 2.12 bits per heavy atom. The SMILES string of the molecule is CCOC(=O)C1C(=O)CCN(C2CCC2)C1=O. The van der Waals surface area contributed by atoms with Crippen molar-refractivity contribution < 1.29 is 19.1 Å². The quantitative estimate of drug-likeness (QED) is 0.532. The molecule has 1 saturated carbocycles. The van der Waals surface area contributed by atoms with Gasteiger partial charge in [0.05, 0.1) is 6.61 Å². The Labute approximate surface area is 100 Å². The summed E-state index contributed by atoms with van der Waals surface area (Å²) in [6.07, 6.45) is 3.35. The van der Waals surface area contributed by atoms with Crippen LogP contribution in [-0.4, -0.2) is 41.8 Å². The van der Waals surface area contributed by atoms with Gasteiger partial charge in [-0.25, -0.2) is 0 Å². The lowest BCUT2D eigenvalue weighted by molar-refractivity contribution is -0.163. The fourth-order valence-corrected chi connectivity index (χ4v) is 2.31. The fourth-order valence-electron chi connectivity index (χ4n) is 2.31. The van der Waals surface area contributed by atoms with Crippen molar-refractivity contribution in [1.29, 1.82) is 0 Å². The number of piperidine rings is 1. The predicted octanol–water partition coefficient (Wildman–Crippen LogP) is 0.520. The van der Waals surface area contributed by atoms with Crippen LogP contribution in [0, 0.1) is 5.92 Å². The summed E-state index contributed by atoms with van der Waals surface area (Å²) >= 11 is 0. The van der Waals surface area contributed by atoms with Gasteiger partial charge in [-0.3, -0.25) is 14.4 Å². The van der Waals surface area contributed by atoms with Crippen LogP contribution >= 0.6 is 0 Å². The number of ketones is 1. The van der Waals surface area contributed by atoms with Crippen LogP contribution in [0.15, 0.2) is 0 Å². The van der Waals surface area contributed by atoms with E-state index in [1.807, 2.05) is 0 Å². The standard InChI is InChI=1S/C12H17NO4/c1-2-17-12(16)10-9(14)6-7-13(11(10)15)8-4-3-5-8/h8,10H,2-7H2,1H3. The summed E-state index contributed by atoms with van der Waals surface area (Å²) in [6, 6.07) is 0.229. The van der Waals surface area contributed by atoms with Gasteiger partial charge < -0.3 is 9.64 Å². The predicted molar refractivity (Wildman–Crippen MR) is 59.1 cm³/mol. The van der Waals surface area contributed by atoms with Gasteiger partial charge >= 0.3 is 5.97 Å². The molecule has 1 amide bonds. The van der Waals surface area contributed by atoms with E-state index in [4.69, 9.17) is 4.74 Å². The van der Waals surface area contributed by atoms with Gasteiger partial charge in [-0.2, -0.15) is 0 Å². The second-order valence-electron chi connectivity index (χ2n) is 4.52. The fraction of sp³-hybridized carbons (Fsp3) is 0.750. The molecule has 5 heteroatoms. The second-order valence-corrected chi connectivity index (χ2v) is 4.52. The van der Waals surface area contributed by atoms with Gasteiger partial charge in [-0.1, -0.05) is 0 Å². The van der Waals surface area contributed by atoms with Crippen molar-refractivity contribution in [3.8, 4) is 0 Å². The number of amides is 1. The van der Waals surface area contributed by atoms with Gasteiger partial charge in [0.2, 0.25) is 5.91 Å². The summed E-state index contributed by atoms with van der Waals surface area (Å²) in [7, 11) is 0. The molecule has 1 heterocycles. The summed E-state index contributed by atoms with van der Waals surface area (Å²) in [5, 5.41) is 0. The number of rotatable bonds is 3. The van der Waals surface area contributed by atoms with E-state index >= 15 is 0 Å². The highest BCUT2D eigenvalue weighted by molar-refractivity contribution is 6.17. The Morgan fingerprint density at radius 1 is 1.41 bits per heavy atom. The van der Waals surface area contributed by atoms with E-state index in [1.54, 1.807) is 11.8 Å². The molecule has 1 aliphatic carbocycles. The third-order valence-corrected chi connectivity index (χ3v) is 3.49. The number of Topliss-reactive ketones (excluding diaryl/α,β-unsaturated/α-hetero) is 1. The Morgan fingerprint density at radius 3 is 2.65 bits per heavy atom. The molecule has 2 fully saturated rings. The van der Waals surface area contributed by atoms with E-state index in [1.165, 1.54) is 0 Å². The van der Waals surface area contributed by atoms with Gasteiger partial charge in [-0.15, -0.1) is 0 Å². The van der Waals surface area contributed by atoms with Crippen LogP contribution in [0.4, 0.5) is 0 Å². The van der Waals surface area contributed by atoms with Gasteiger partial charge in [0, 0.05) is 19.0 Å². The van der Waals surface area contributed by atoms with Gasteiger partial charge in [0.25, 0.3) is 0 Å². The van der Waals surface area contributed by atoms with Crippen molar-refractivity contribution >= 4 is 17.7 Å². The smallest absolute Gasteiger partial charge is 0.326 e. The van der Waals surface area contributed by atoms with Gasteiger partial charge in [-0.05, 0) is 26.2 Å². The largest absolute Gasteiger partial charge is 0.465 e. The summed E-state index contributed by atoms with van der Waals surface area (Å²) < 4.78 is 4.79. The first-order valence-corrected chi connectivity index (χ1v) is 6.15. The molecule has 0 spiro atoms. The zero-order valence-electron chi connectivity index (χ0n) is 9.98. The molecule has 2 aliphatic rings. The number of ether oxygens (including phenoxy) is 1. The third kappa shape index (κ3) is 2.18. The Bertz CT molecular complexity index is 348. The highest BCUT2D eigenvalue weighted by atomic mass is 16.5. The minimum Gasteiger partial charge on any atom is -0.465 e. The van der Waals surface area contributed by atoms with Crippen molar-refractivity contribution in [2.75, 3.05) is 13.2 Å². The lowest BCUT2D eigenvalue weighted by Gasteiger charge is -2.41. The summed E-state index contributed by atoms with van der Waals surface area (Å²) in [5.74, 6) is -2.55. The third-order valence-electron chi connectivity index (χ3n) is 3.49. The molecule has 1 saturated heterocycles. The van der Waals surface area contributed by atoms with E-state index in [0.717, 1.165) is 19.3 Å². The Balaban J connectivity index is 2.09. The van der Waals surface area contributed by atoms with Crippen LogP contribution in [0.3, 0.4) is 0 Å². The van der Waals surface area contributed by atoms with Crippen LogP contribution in [0.25, 0.3) is 0 Å². The topological polar surface area (TPSA) is 63.7 Å². The van der Waals surface area contributed by atoms with E-state index in [9.17, 15) is 14.4 Å². The molecule has 0 aromatic heterocycles. The van der Waals surface area contributed by atoms with E-state index in [2.05, 4.69) is 0 Å². The van der Waals surface area contributed by atoms with Crippen LogP contribution in [0.1, 0.15) is 32.6 Å². The van der Waals surface area contributed by atoms with Gasteiger partial charge in [0.15, 0.2) is 11.7 Å². The van der Waals surface area contributed by atoms with Crippen molar-refractivity contribution in [3.05, 3.63) is 0 Å². The molecule has 0 radical (unpaired) electrons. The maximum Gasteiger partial charge on any atom is 0.326 e. The highest BCUT2D eigenvalue weighted by Crippen LogP contribution is 2.29. The zero-order valence-corrected chi connectivity index (χ0v) is 9.98. The molecule has 94 valence electrons. The summed E-state index contributed by atoms with van der Waals surface area (Å²) in [4.78, 5) is 37.0. The summed E-state index contributed by atoms with van der Waals surface area (Å²) in [5.41, 5.74) is 0. The normalized spacial score (nSPS) is 25.7. The van der Waals surface area contributed by atoms with Crippen molar-refractivity contribution in [2.45, 2.75) is 38.6 Å². The molecule has 0 bridgehead atoms. The van der Waals surface area contributed by atoms with Crippen LogP contribution in [-0.2, 0) is 19.1 Å². The van der Waals surface area contributed by atoms with Gasteiger partial charge in [0.1, 0.15) is 0 Å². The number of hydrogen-bond donors (Lipinski definition) is 0. The first kappa shape index (κ1) is 12.1. The number of likely N-dealkylation sites (tertiary alicyclic amines) is 1. The molecule has 0 aromatic rings. The number of esters is 1. The number of carbonyl (C=O) groups excluding carboxylic acids is 3. The monoisotopic (exact) mass is 239 g/mol. The van der Waals surface area contributed by atoms with Crippen LogP contribution in [0.2, 0.25) is 0 Å². The molecular formula is C12H17NO4. The molecular weight excluding hydrogens is 222 g/mol. The molecule has 5 nitrogen and oxygen atoms in total. The Hall–Kier alpha value is -1.39. The molecule has 0 aromatic carbocycles. The highest BCUT2D eigenvalue weighted by Gasteiger charge is 2.44. The van der Waals surface area contributed by atoms with Crippen LogP contribution in [0.5, 0.6) is 0 Å². The van der Waals surface area contributed by atoms with Crippen molar-refractivity contribution in [2.24, 2.45) is 5.92 Å². The van der Waals surface area contributed by atoms with Crippen molar-refractivity contribution in [3.63, 3.8) is 0 Å². The second kappa shape index (κ2) is 4.85. The van der Waals surface area contributed by atoms with Crippen LogP contribution < -0.4 is 0 Å². The molecule has 1 unspecified atom stereocenters. The lowest BCUT2D eigenvalue weighted by Crippen LogP contribution is -2.55. The van der Waals surface area contributed by atoms with E-state index < -0.39 is 11.9 Å². The summed E-state index contributed by atoms with van der Waals surface area (Å²) in [6.45, 7) is 2.32. The van der Waals surface area contributed by atoms with E-state index in [0.29, 0.717) is 6.54 Å². The average molecular weight is 239 g/mol. The maximum absolute atomic E-state index is 12.1. The Kier molecular flexibility index (Phi) is 3.45. The lowest BCUT2D eigenvalue weighted by atomic mass is 9.87. The maximum atomic E-state index is 12.1. The van der Waals surface area contributed by atoms with E-state index in [-0.39, 0.29) is 30.8 Å². The molecule has 1 atom stereocenters. The first-order chi connectivity index (χ1) is 8.15. The molecule has 17 heavy (non-hydrogen) atoms. The molecule has 2 rings (SSSR count). The average Bonchev–Trinajstić information content (AvgIpc) is 2.20. The minimum absolute atomic E-state index is 0.194. The molecule has 1 aliphatic heterocycles. The number of nitrogens with zero attached hydrogens (tertiary/aromatic N) is 1. The number of hydrogen-bond acceptors (Lipinski definition) is 4. The minimum atomic E-state index is -1.20. The number of carbonyl (C=O) groups is 3. The molecule has 0 N–H and O–H groups in total. The zero-order chi connectivity index (χ0) is 12.4. The first-order valence-electron chi connectivity index (χ1n) is 6.15. The van der Waals surface area contributed by atoms with Crippen molar-refractivity contribution in [1.82, 2.24) is 4.90 Å².